The maximum atomic E-state index is 14.2. The van der Waals surface area contributed by atoms with E-state index in [1.807, 2.05) is 6.07 Å². The molecule has 2 nitrogen and oxygen atoms in total. The molecule has 0 aliphatic heterocycles. The standard InChI is InChI=1S/C17H24FNO/c18-16-4-2-1-3-15(16)17(10-19,11-20)9-14-8-12-5-6-13(14)7-12/h1-4,12-14,20H,5-11,19H2. The average molecular weight is 277 g/mol. The molecule has 2 aliphatic carbocycles. The Labute approximate surface area is 120 Å². The van der Waals surface area contributed by atoms with E-state index >= 15 is 0 Å². The van der Waals surface area contributed by atoms with Gasteiger partial charge in [-0.2, -0.15) is 0 Å². The molecule has 1 aromatic rings. The molecule has 4 unspecified atom stereocenters. The van der Waals surface area contributed by atoms with Crippen LogP contribution in [0.3, 0.4) is 0 Å². The third-order valence-electron chi connectivity index (χ3n) is 5.68. The number of fused-ring (bicyclic) bond motifs is 2. The second kappa shape index (κ2) is 5.45. The fraction of sp³-hybridized carbons (Fsp3) is 0.647. The summed E-state index contributed by atoms with van der Waals surface area (Å²) in [6.07, 6.45) is 6.05. The van der Waals surface area contributed by atoms with Gasteiger partial charge >= 0.3 is 0 Å². The summed E-state index contributed by atoms with van der Waals surface area (Å²) in [6.45, 7) is 0.233. The molecule has 0 heterocycles. The van der Waals surface area contributed by atoms with Crippen molar-refractivity contribution in [1.29, 1.82) is 0 Å². The van der Waals surface area contributed by atoms with Gasteiger partial charge in [0.2, 0.25) is 0 Å². The van der Waals surface area contributed by atoms with Crippen molar-refractivity contribution < 1.29 is 9.50 Å². The SMILES string of the molecule is NCC(CO)(CC1CC2CCC1C2)c1ccccc1F. The molecule has 0 radical (unpaired) electrons. The van der Waals surface area contributed by atoms with Crippen molar-refractivity contribution in [3.05, 3.63) is 35.6 Å². The lowest BCUT2D eigenvalue weighted by Crippen LogP contribution is -2.42. The van der Waals surface area contributed by atoms with Gasteiger partial charge in [0.05, 0.1) is 6.61 Å². The lowest BCUT2D eigenvalue weighted by molar-refractivity contribution is 0.147. The van der Waals surface area contributed by atoms with Gasteiger partial charge in [-0.05, 0) is 55.1 Å². The molecule has 2 bridgehead atoms. The predicted molar refractivity (Wildman–Crippen MR) is 77.8 cm³/mol. The van der Waals surface area contributed by atoms with Crippen molar-refractivity contribution in [2.45, 2.75) is 37.5 Å². The molecule has 20 heavy (non-hydrogen) atoms. The number of hydrogen-bond acceptors (Lipinski definition) is 2. The van der Waals surface area contributed by atoms with Crippen LogP contribution in [0.15, 0.2) is 24.3 Å². The highest BCUT2D eigenvalue weighted by molar-refractivity contribution is 5.28. The largest absolute Gasteiger partial charge is 0.395 e. The van der Waals surface area contributed by atoms with Crippen molar-refractivity contribution in [1.82, 2.24) is 0 Å². The van der Waals surface area contributed by atoms with Gasteiger partial charge in [-0.25, -0.2) is 4.39 Å². The van der Waals surface area contributed by atoms with Gasteiger partial charge in [0.1, 0.15) is 5.82 Å². The molecule has 0 amide bonds. The van der Waals surface area contributed by atoms with Gasteiger partial charge in [-0.3, -0.25) is 0 Å². The fourth-order valence-electron chi connectivity index (χ4n) is 4.54. The van der Waals surface area contributed by atoms with E-state index in [0.29, 0.717) is 18.0 Å². The molecule has 2 aliphatic rings. The zero-order valence-electron chi connectivity index (χ0n) is 11.9. The van der Waals surface area contributed by atoms with E-state index in [9.17, 15) is 9.50 Å². The molecule has 1 aromatic carbocycles. The van der Waals surface area contributed by atoms with Gasteiger partial charge in [-0.15, -0.1) is 0 Å². The summed E-state index contributed by atoms with van der Waals surface area (Å²) in [5, 5.41) is 9.94. The first-order chi connectivity index (χ1) is 9.68. The Bertz CT molecular complexity index is 472. The monoisotopic (exact) mass is 277 g/mol. The van der Waals surface area contributed by atoms with Crippen molar-refractivity contribution in [2.24, 2.45) is 23.5 Å². The number of rotatable bonds is 5. The number of halogens is 1. The van der Waals surface area contributed by atoms with Crippen LogP contribution in [-0.2, 0) is 5.41 Å². The van der Waals surface area contributed by atoms with Crippen molar-refractivity contribution >= 4 is 0 Å². The summed E-state index contributed by atoms with van der Waals surface area (Å²) in [5.74, 6) is 1.99. The molecule has 3 rings (SSSR count). The van der Waals surface area contributed by atoms with Gasteiger partial charge in [0.25, 0.3) is 0 Å². The first-order valence-electron chi connectivity index (χ1n) is 7.74. The van der Waals surface area contributed by atoms with Crippen LogP contribution in [-0.4, -0.2) is 18.3 Å². The normalized spacial score (nSPS) is 31.4. The topological polar surface area (TPSA) is 46.2 Å². The highest BCUT2D eigenvalue weighted by Crippen LogP contribution is 2.52. The Kier molecular flexibility index (Phi) is 3.83. The minimum absolute atomic E-state index is 0.0711. The third-order valence-corrected chi connectivity index (χ3v) is 5.68. The Morgan fingerprint density at radius 3 is 2.60 bits per heavy atom. The zero-order valence-corrected chi connectivity index (χ0v) is 11.9. The second-order valence-corrected chi connectivity index (χ2v) is 6.76. The lowest BCUT2D eigenvalue weighted by Gasteiger charge is -2.36. The summed E-state index contributed by atoms with van der Waals surface area (Å²) >= 11 is 0. The third kappa shape index (κ3) is 2.27. The minimum atomic E-state index is -0.611. The number of benzene rings is 1. The molecule has 2 saturated carbocycles. The highest BCUT2D eigenvalue weighted by atomic mass is 19.1. The summed E-state index contributed by atoms with van der Waals surface area (Å²) in [6, 6.07) is 6.77. The number of aliphatic hydroxyl groups excluding tert-OH is 1. The number of aliphatic hydroxyl groups is 1. The van der Waals surface area contributed by atoms with Gasteiger partial charge < -0.3 is 10.8 Å². The molecule has 0 saturated heterocycles. The van der Waals surface area contributed by atoms with Crippen LogP contribution in [0.2, 0.25) is 0 Å². The highest BCUT2D eigenvalue weighted by Gasteiger charge is 2.44. The van der Waals surface area contributed by atoms with Crippen LogP contribution < -0.4 is 5.73 Å². The van der Waals surface area contributed by atoms with Gasteiger partial charge in [0, 0.05) is 12.0 Å². The predicted octanol–water partition coefficient (Wildman–Crippen LogP) is 2.84. The molecule has 110 valence electrons. The average Bonchev–Trinajstić information content (AvgIpc) is 3.08. The van der Waals surface area contributed by atoms with Crippen LogP contribution in [0.25, 0.3) is 0 Å². The fourth-order valence-corrected chi connectivity index (χ4v) is 4.54. The first kappa shape index (κ1) is 14.0. The molecule has 0 spiro atoms. The van der Waals surface area contributed by atoms with E-state index in [0.717, 1.165) is 18.3 Å². The summed E-state index contributed by atoms with van der Waals surface area (Å²) in [7, 11) is 0. The van der Waals surface area contributed by atoms with Crippen molar-refractivity contribution in [3.63, 3.8) is 0 Å². The van der Waals surface area contributed by atoms with Crippen molar-refractivity contribution in [3.8, 4) is 0 Å². The van der Waals surface area contributed by atoms with Crippen LogP contribution in [0.1, 0.15) is 37.7 Å². The molecule has 3 heteroatoms. The second-order valence-electron chi connectivity index (χ2n) is 6.76. The van der Waals surface area contributed by atoms with E-state index in [2.05, 4.69) is 0 Å². The van der Waals surface area contributed by atoms with Crippen LogP contribution in [0.5, 0.6) is 0 Å². The van der Waals surface area contributed by atoms with E-state index in [-0.39, 0.29) is 12.4 Å². The Balaban J connectivity index is 1.86. The summed E-state index contributed by atoms with van der Waals surface area (Å²) < 4.78 is 14.2. The smallest absolute Gasteiger partial charge is 0.127 e. The summed E-state index contributed by atoms with van der Waals surface area (Å²) in [4.78, 5) is 0. The van der Waals surface area contributed by atoms with E-state index < -0.39 is 5.41 Å². The summed E-state index contributed by atoms with van der Waals surface area (Å²) in [5.41, 5.74) is 5.95. The van der Waals surface area contributed by atoms with Crippen LogP contribution in [0, 0.1) is 23.6 Å². The Morgan fingerprint density at radius 2 is 2.05 bits per heavy atom. The quantitative estimate of drug-likeness (QED) is 0.869. The zero-order chi connectivity index (χ0) is 14.2. The molecule has 0 aromatic heterocycles. The van der Waals surface area contributed by atoms with Crippen LogP contribution >= 0.6 is 0 Å². The van der Waals surface area contributed by atoms with E-state index in [1.165, 1.54) is 31.7 Å². The van der Waals surface area contributed by atoms with Gasteiger partial charge in [-0.1, -0.05) is 24.6 Å². The van der Waals surface area contributed by atoms with E-state index in [1.54, 1.807) is 12.1 Å². The lowest BCUT2D eigenvalue weighted by atomic mass is 9.70. The molecule has 3 N–H and O–H groups in total. The molecule has 4 atom stereocenters. The molecular formula is C17H24FNO. The number of nitrogens with two attached hydrogens (primary N) is 1. The number of hydrogen-bond donors (Lipinski definition) is 2. The Hall–Kier alpha value is -0.930. The maximum Gasteiger partial charge on any atom is 0.127 e. The van der Waals surface area contributed by atoms with Crippen LogP contribution in [0.4, 0.5) is 4.39 Å². The maximum absolute atomic E-state index is 14.2. The minimum Gasteiger partial charge on any atom is -0.395 e. The molecular weight excluding hydrogens is 253 g/mol. The van der Waals surface area contributed by atoms with E-state index in [4.69, 9.17) is 5.73 Å². The Morgan fingerprint density at radius 1 is 1.25 bits per heavy atom. The first-order valence-corrected chi connectivity index (χ1v) is 7.74. The van der Waals surface area contributed by atoms with Gasteiger partial charge in [0.15, 0.2) is 0 Å². The molecule has 2 fully saturated rings. The van der Waals surface area contributed by atoms with Crippen molar-refractivity contribution in [2.75, 3.05) is 13.2 Å².